The van der Waals surface area contributed by atoms with Crippen LogP contribution in [0, 0.1) is 0 Å². The SMILES string of the molecule is C1=CC(c2ccc(N3CCCCC3)cc2)(c2ccc(N3CCCCC3)cc2)Oc2ccc3ccccc3c21. The van der Waals surface area contributed by atoms with Crippen LogP contribution in [0.1, 0.15) is 55.2 Å². The molecule has 0 aromatic heterocycles. The van der Waals surface area contributed by atoms with E-state index in [1.165, 1.54) is 71.8 Å². The second kappa shape index (κ2) is 9.87. The van der Waals surface area contributed by atoms with Crippen LogP contribution in [0.25, 0.3) is 16.8 Å². The van der Waals surface area contributed by atoms with Crippen LogP contribution >= 0.6 is 0 Å². The van der Waals surface area contributed by atoms with E-state index in [1.54, 1.807) is 0 Å². The van der Waals surface area contributed by atoms with Gasteiger partial charge in [0.05, 0.1) is 0 Å². The van der Waals surface area contributed by atoms with Crippen LogP contribution in [0.5, 0.6) is 5.75 Å². The summed E-state index contributed by atoms with van der Waals surface area (Å²) in [6, 6.07) is 31.1. The summed E-state index contributed by atoms with van der Waals surface area (Å²) in [7, 11) is 0. The molecule has 0 amide bonds. The summed E-state index contributed by atoms with van der Waals surface area (Å²) in [6.07, 6.45) is 12.4. The normalized spacial score (nSPS) is 18.7. The summed E-state index contributed by atoms with van der Waals surface area (Å²) in [5.41, 5.74) is 5.45. The lowest BCUT2D eigenvalue weighted by Crippen LogP contribution is -2.35. The Bertz CT molecular complexity index is 1380. The topological polar surface area (TPSA) is 15.7 Å². The summed E-state index contributed by atoms with van der Waals surface area (Å²) in [5, 5.41) is 2.47. The van der Waals surface area contributed by atoms with Crippen molar-refractivity contribution in [1.82, 2.24) is 0 Å². The van der Waals surface area contributed by atoms with Crippen molar-refractivity contribution in [3.05, 3.63) is 108 Å². The van der Waals surface area contributed by atoms with E-state index in [9.17, 15) is 0 Å². The molecule has 4 aromatic rings. The molecule has 3 aliphatic rings. The number of rotatable bonds is 4. The molecule has 0 spiro atoms. The molecule has 0 N–H and O–H groups in total. The molecule has 0 saturated carbocycles. The maximum atomic E-state index is 7.06. The number of nitrogens with zero attached hydrogens (tertiary/aromatic N) is 2. The minimum absolute atomic E-state index is 0.670. The van der Waals surface area contributed by atoms with Gasteiger partial charge in [-0.3, -0.25) is 0 Å². The van der Waals surface area contributed by atoms with Gasteiger partial charge in [-0.2, -0.15) is 0 Å². The molecule has 0 atom stereocenters. The predicted octanol–water partition coefficient (Wildman–Crippen LogP) is 8.17. The zero-order chi connectivity index (χ0) is 25.4. The highest BCUT2D eigenvalue weighted by Crippen LogP contribution is 2.45. The molecule has 3 aliphatic heterocycles. The molecule has 0 aliphatic carbocycles. The van der Waals surface area contributed by atoms with E-state index in [2.05, 4.69) is 107 Å². The number of benzene rings is 4. The van der Waals surface area contributed by atoms with E-state index < -0.39 is 5.60 Å². The molecule has 192 valence electrons. The Morgan fingerprint density at radius 3 is 1.68 bits per heavy atom. The molecule has 38 heavy (non-hydrogen) atoms. The first-order chi connectivity index (χ1) is 18.8. The lowest BCUT2D eigenvalue weighted by molar-refractivity contribution is 0.161. The fraction of sp³-hybridized carbons (Fsp3) is 0.314. The molecule has 0 bridgehead atoms. The van der Waals surface area contributed by atoms with E-state index in [0.29, 0.717) is 0 Å². The van der Waals surface area contributed by atoms with Gasteiger partial charge >= 0.3 is 0 Å². The van der Waals surface area contributed by atoms with Gasteiger partial charge in [0.25, 0.3) is 0 Å². The number of ether oxygens (including phenoxy) is 1. The maximum absolute atomic E-state index is 7.06. The Balaban J connectivity index is 1.30. The lowest BCUT2D eigenvalue weighted by atomic mass is 9.83. The van der Waals surface area contributed by atoms with E-state index >= 15 is 0 Å². The monoisotopic (exact) mass is 500 g/mol. The molecule has 2 fully saturated rings. The van der Waals surface area contributed by atoms with E-state index in [4.69, 9.17) is 4.74 Å². The first-order valence-electron chi connectivity index (χ1n) is 14.4. The van der Waals surface area contributed by atoms with Crippen molar-refractivity contribution >= 4 is 28.2 Å². The molecule has 7 rings (SSSR count). The van der Waals surface area contributed by atoms with E-state index in [-0.39, 0.29) is 0 Å². The average Bonchev–Trinajstić information content (AvgIpc) is 3.02. The summed E-state index contributed by atoms with van der Waals surface area (Å²) >= 11 is 0. The number of hydrogen-bond donors (Lipinski definition) is 0. The van der Waals surface area contributed by atoms with Crippen LogP contribution in [0.2, 0.25) is 0 Å². The van der Waals surface area contributed by atoms with E-state index in [1.807, 2.05) is 0 Å². The molecule has 3 nitrogen and oxygen atoms in total. The fourth-order valence-corrected chi connectivity index (χ4v) is 6.57. The molecular weight excluding hydrogens is 464 g/mol. The second-order valence-electron chi connectivity index (χ2n) is 11.1. The third-order valence-electron chi connectivity index (χ3n) is 8.72. The van der Waals surface area contributed by atoms with Crippen molar-refractivity contribution in [3.8, 4) is 5.75 Å². The van der Waals surface area contributed by atoms with Crippen molar-refractivity contribution in [3.63, 3.8) is 0 Å². The number of anilines is 2. The third kappa shape index (κ3) is 4.15. The van der Waals surface area contributed by atoms with Gasteiger partial charge in [0, 0.05) is 54.2 Å². The standard InChI is InChI=1S/C35H36N2O/c1-5-23-36(24-6-1)30-16-12-28(13-17-30)35(29-14-18-31(19-15-29)37-25-7-2-8-26-37)22-21-33-32-10-4-3-9-27(32)11-20-34(33)38-35/h3-4,9-22H,1-2,5-8,23-26H2. The van der Waals surface area contributed by atoms with Gasteiger partial charge in [0.2, 0.25) is 0 Å². The molecule has 2 saturated heterocycles. The van der Waals surface area contributed by atoms with Crippen molar-refractivity contribution in [2.45, 2.75) is 44.1 Å². The van der Waals surface area contributed by atoms with Gasteiger partial charge in [0.1, 0.15) is 5.75 Å². The maximum Gasteiger partial charge on any atom is 0.178 e. The molecule has 4 aromatic carbocycles. The van der Waals surface area contributed by atoms with Crippen molar-refractivity contribution in [2.75, 3.05) is 36.0 Å². The lowest BCUT2D eigenvalue weighted by Gasteiger charge is -2.37. The number of fused-ring (bicyclic) bond motifs is 3. The van der Waals surface area contributed by atoms with E-state index in [0.717, 1.165) is 37.5 Å². The highest BCUT2D eigenvalue weighted by molar-refractivity contribution is 5.94. The van der Waals surface area contributed by atoms with Gasteiger partial charge in [-0.25, -0.2) is 0 Å². The molecule has 3 heteroatoms. The van der Waals surface area contributed by atoms with Crippen molar-refractivity contribution in [2.24, 2.45) is 0 Å². The van der Waals surface area contributed by atoms with Crippen LogP contribution in [0.3, 0.4) is 0 Å². The quantitative estimate of drug-likeness (QED) is 0.281. The van der Waals surface area contributed by atoms with Gasteiger partial charge < -0.3 is 14.5 Å². The third-order valence-corrected chi connectivity index (χ3v) is 8.72. The van der Waals surface area contributed by atoms with Crippen LogP contribution < -0.4 is 14.5 Å². The fourth-order valence-electron chi connectivity index (χ4n) is 6.57. The Labute approximate surface area is 226 Å². The largest absolute Gasteiger partial charge is 0.473 e. The Hall–Kier alpha value is -3.72. The van der Waals surface area contributed by atoms with Crippen molar-refractivity contribution < 1.29 is 4.74 Å². The first-order valence-corrected chi connectivity index (χ1v) is 14.4. The minimum atomic E-state index is -0.670. The second-order valence-corrected chi connectivity index (χ2v) is 11.1. The minimum Gasteiger partial charge on any atom is -0.473 e. The number of piperidine rings is 2. The highest BCUT2D eigenvalue weighted by Gasteiger charge is 2.37. The summed E-state index contributed by atoms with van der Waals surface area (Å²) in [4.78, 5) is 5.04. The van der Waals surface area contributed by atoms with Gasteiger partial charge in [-0.05, 0) is 91.8 Å². The van der Waals surface area contributed by atoms with Crippen LogP contribution in [-0.4, -0.2) is 26.2 Å². The smallest absolute Gasteiger partial charge is 0.178 e. The Morgan fingerprint density at radius 2 is 1.11 bits per heavy atom. The van der Waals surface area contributed by atoms with Gasteiger partial charge in [-0.1, -0.05) is 54.6 Å². The van der Waals surface area contributed by atoms with Crippen molar-refractivity contribution in [1.29, 1.82) is 0 Å². The first kappa shape index (κ1) is 23.4. The van der Waals surface area contributed by atoms with Crippen LogP contribution in [0.15, 0.2) is 91.0 Å². The highest BCUT2D eigenvalue weighted by atomic mass is 16.5. The zero-order valence-electron chi connectivity index (χ0n) is 22.1. The Kier molecular flexibility index (Phi) is 6.08. The van der Waals surface area contributed by atoms with Gasteiger partial charge in [-0.15, -0.1) is 0 Å². The number of hydrogen-bond acceptors (Lipinski definition) is 3. The predicted molar refractivity (Wildman–Crippen MR) is 159 cm³/mol. The van der Waals surface area contributed by atoms with Crippen LogP contribution in [-0.2, 0) is 5.60 Å². The average molecular weight is 501 g/mol. The zero-order valence-corrected chi connectivity index (χ0v) is 22.1. The summed E-state index contributed by atoms with van der Waals surface area (Å²) in [6.45, 7) is 4.61. The Morgan fingerprint density at radius 1 is 0.553 bits per heavy atom. The molecule has 3 heterocycles. The molecular formula is C35H36N2O. The van der Waals surface area contributed by atoms with Crippen LogP contribution in [0.4, 0.5) is 11.4 Å². The summed E-state index contributed by atoms with van der Waals surface area (Å²) < 4.78 is 7.06. The summed E-state index contributed by atoms with van der Waals surface area (Å²) in [5.74, 6) is 0.936. The van der Waals surface area contributed by atoms with Gasteiger partial charge in [0.15, 0.2) is 5.60 Å². The molecule has 0 radical (unpaired) electrons. The molecule has 0 unspecified atom stereocenters.